The van der Waals surface area contributed by atoms with Gasteiger partial charge in [0.15, 0.2) is 0 Å². The minimum atomic E-state index is -2.77. The zero-order valence-corrected chi connectivity index (χ0v) is 37.6. The molecule has 9 aromatic carbocycles. The highest BCUT2D eigenvalue weighted by Crippen LogP contribution is 2.56. The van der Waals surface area contributed by atoms with Crippen LogP contribution < -0.4 is 15.0 Å². The van der Waals surface area contributed by atoms with Crippen molar-refractivity contribution in [2.75, 3.05) is 9.80 Å². The van der Waals surface area contributed by atoms with Crippen LogP contribution in [0.25, 0.3) is 21.5 Å². The van der Waals surface area contributed by atoms with Gasteiger partial charge in [-0.25, -0.2) is 0 Å². The fourth-order valence-electron chi connectivity index (χ4n) is 9.58. The van der Waals surface area contributed by atoms with Crippen molar-refractivity contribution in [1.82, 2.24) is 0 Å². The maximum atomic E-state index is 2.58. The van der Waals surface area contributed by atoms with Gasteiger partial charge in [0.2, 0.25) is 0 Å². The molecule has 0 aliphatic carbocycles. The van der Waals surface area contributed by atoms with Gasteiger partial charge in [-0.3, -0.25) is 0 Å². The molecule has 0 bridgehead atoms. The Hall–Kier alpha value is -7.72. The fourth-order valence-corrected chi connectivity index (χ4v) is 14.3. The summed E-state index contributed by atoms with van der Waals surface area (Å²) >= 11 is 0. The zero-order chi connectivity index (χ0) is 43.5. The first kappa shape index (κ1) is 40.4. The van der Waals surface area contributed by atoms with Crippen LogP contribution in [0, 0.1) is 13.8 Å². The van der Waals surface area contributed by atoms with E-state index in [9.17, 15) is 0 Å². The van der Waals surface area contributed by atoms with Crippen molar-refractivity contribution >= 4 is 68.9 Å². The summed E-state index contributed by atoms with van der Waals surface area (Å²) in [7, 11) is -2.77. The predicted molar refractivity (Wildman–Crippen MR) is 276 cm³/mol. The zero-order valence-electron chi connectivity index (χ0n) is 36.6. The lowest BCUT2D eigenvalue weighted by atomic mass is 9.88. The minimum Gasteiger partial charge on any atom is -0.311 e. The Morgan fingerprint density at radius 3 is 0.812 bits per heavy atom. The number of anilines is 6. The lowest BCUT2D eigenvalue weighted by Crippen LogP contribution is -2.46. The van der Waals surface area contributed by atoms with E-state index < -0.39 is 8.07 Å². The van der Waals surface area contributed by atoms with Gasteiger partial charge >= 0.3 is 0 Å². The average Bonchev–Trinajstić information content (AvgIpc) is 3.64. The lowest BCUT2D eigenvalue weighted by molar-refractivity contribution is 1.28. The van der Waals surface area contributed by atoms with E-state index >= 15 is 0 Å². The van der Waals surface area contributed by atoms with Gasteiger partial charge in [0.1, 0.15) is 8.07 Å². The second kappa shape index (κ2) is 17.6. The van der Waals surface area contributed by atoms with Crippen LogP contribution in [0.2, 0.25) is 6.55 Å². The topological polar surface area (TPSA) is 6.48 Å². The molecule has 0 N–H and O–H groups in total. The third-order valence-corrected chi connectivity index (χ3v) is 17.2. The van der Waals surface area contributed by atoms with Gasteiger partial charge in [0, 0.05) is 34.1 Å². The van der Waals surface area contributed by atoms with Gasteiger partial charge in [0.25, 0.3) is 0 Å². The summed E-state index contributed by atoms with van der Waals surface area (Å²) in [6, 6.07) is 91.2. The molecule has 0 atom stereocenters. The van der Waals surface area contributed by atoms with Crippen LogP contribution in [0.5, 0.6) is 0 Å². The number of aryl methyl sites for hydroxylation is 2. The molecule has 0 unspecified atom stereocenters. The Balaban J connectivity index is 1.24. The number of allylic oxidation sites excluding steroid dienone is 2. The molecule has 1 aliphatic rings. The van der Waals surface area contributed by atoms with Crippen LogP contribution in [-0.4, -0.2) is 8.07 Å². The first-order chi connectivity index (χ1) is 31.5. The average molecular weight is 839 g/mol. The second-order valence-electron chi connectivity index (χ2n) is 16.8. The van der Waals surface area contributed by atoms with E-state index in [0.29, 0.717) is 0 Å². The van der Waals surface area contributed by atoms with Crippen molar-refractivity contribution < 1.29 is 0 Å². The van der Waals surface area contributed by atoms with Gasteiger partial charge in [0.05, 0.1) is 0 Å². The second-order valence-corrected chi connectivity index (χ2v) is 20.7. The van der Waals surface area contributed by atoms with Gasteiger partial charge < -0.3 is 9.80 Å². The molecule has 0 fully saturated rings. The number of para-hydroxylation sites is 4. The number of benzene rings is 9. The van der Waals surface area contributed by atoms with Crippen molar-refractivity contribution in [1.29, 1.82) is 0 Å². The Kier molecular flexibility index (Phi) is 11.1. The van der Waals surface area contributed by atoms with Crippen molar-refractivity contribution in [2.24, 2.45) is 0 Å². The predicted octanol–water partition coefficient (Wildman–Crippen LogP) is 15.8. The van der Waals surface area contributed by atoms with E-state index in [-0.39, 0.29) is 0 Å². The molecule has 64 heavy (non-hydrogen) atoms. The van der Waals surface area contributed by atoms with Gasteiger partial charge in [-0.1, -0.05) is 194 Å². The third kappa shape index (κ3) is 7.61. The molecule has 308 valence electrons. The lowest BCUT2D eigenvalue weighted by Gasteiger charge is -2.32. The SMILES string of the molecule is Cc1ccc(C2=C(c3ccc(N(c4ccccc4)c4ccccc4)cc3)C(c3ccc(N(c4ccccc4)c4ccccc4)cc3)=C(c3ccc(C)cc3)[Si]2(C)c2ccccc2)cc1. The first-order valence-corrected chi connectivity index (χ1v) is 24.7. The number of hydrogen-bond donors (Lipinski definition) is 0. The van der Waals surface area contributed by atoms with E-state index in [2.05, 4.69) is 279 Å². The third-order valence-electron chi connectivity index (χ3n) is 12.7. The minimum absolute atomic E-state index is 1.11. The van der Waals surface area contributed by atoms with E-state index in [1.54, 1.807) is 0 Å². The van der Waals surface area contributed by atoms with E-state index in [1.807, 2.05) is 0 Å². The number of rotatable bonds is 11. The number of nitrogens with zero attached hydrogens (tertiary/aromatic N) is 2. The van der Waals surface area contributed by atoms with Crippen molar-refractivity contribution in [3.63, 3.8) is 0 Å². The summed E-state index contributed by atoms with van der Waals surface area (Å²) in [4.78, 5) is 4.68. The smallest absolute Gasteiger partial charge is 0.148 e. The molecule has 0 aromatic heterocycles. The van der Waals surface area contributed by atoms with Crippen molar-refractivity contribution in [3.05, 3.63) is 282 Å². The first-order valence-electron chi connectivity index (χ1n) is 22.2. The standard InChI is InChI=1S/C61H50N2Si/c1-45-29-33-49(34-30-45)60-58(47-37-41-55(42-38-47)62(51-19-9-4-10-20-51)52-21-11-5-12-22-52)59(61(50-35-31-46(2)32-36-50)64(60,3)57-27-17-8-18-28-57)48-39-43-56(44-40-48)63(53-23-13-6-14-24-53)54-25-15-7-16-26-54/h4-44H,1-3H3. The molecular formula is C61H50N2Si. The number of hydrogen-bond acceptors (Lipinski definition) is 2. The molecule has 0 saturated heterocycles. The maximum Gasteiger partial charge on any atom is 0.148 e. The van der Waals surface area contributed by atoms with E-state index in [0.717, 1.165) is 34.1 Å². The fraction of sp³-hybridized carbons (Fsp3) is 0.0492. The molecule has 0 saturated carbocycles. The van der Waals surface area contributed by atoms with Crippen LogP contribution >= 0.6 is 0 Å². The summed E-state index contributed by atoms with van der Waals surface area (Å²) in [6.45, 7) is 6.95. The summed E-state index contributed by atoms with van der Waals surface area (Å²) in [6.07, 6.45) is 0. The van der Waals surface area contributed by atoms with E-state index in [1.165, 1.54) is 60.1 Å². The highest BCUT2D eigenvalue weighted by atomic mass is 28.3. The van der Waals surface area contributed by atoms with Gasteiger partial charge in [-0.15, -0.1) is 0 Å². The van der Waals surface area contributed by atoms with Crippen molar-refractivity contribution in [2.45, 2.75) is 20.4 Å². The summed E-state index contributed by atoms with van der Waals surface area (Å²) < 4.78 is 0. The van der Waals surface area contributed by atoms with Gasteiger partial charge in [-0.05, 0) is 136 Å². The monoisotopic (exact) mass is 838 g/mol. The molecule has 0 spiro atoms. The molecule has 3 heteroatoms. The molecule has 1 heterocycles. The Bertz CT molecular complexity index is 2780. The summed E-state index contributed by atoms with van der Waals surface area (Å²) in [5.41, 5.74) is 16.7. The highest BCUT2D eigenvalue weighted by Gasteiger charge is 2.48. The maximum absolute atomic E-state index is 2.77. The molecule has 1 aliphatic heterocycles. The molecule has 9 aromatic rings. The molecule has 0 amide bonds. The molecular weight excluding hydrogens is 789 g/mol. The van der Waals surface area contributed by atoms with Gasteiger partial charge in [-0.2, -0.15) is 0 Å². The molecule has 10 rings (SSSR count). The van der Waals surface area contributed by atoms with Crippen LogP contribution in [0.4, 0.5) is 34.1 Å². The quantitative estimate of drug-likeness (QED) is 0.120. The van der Waals surface area contributed by atoms with E-state index in [4.69, 9.17) is 0 Å². The van der Waals surface area contributed by atoms with Crippen LogP contribution in [0.15, 0.2) is 249 Å². The van der Waals surface area contributed by atoms with Crippen LogP contribution in [0.1, 0.15) is 33.4 Å². The largest absolute Gasteiger partial charge is 0.311 e. The van der Waals surface area contributed by atoms with Crippen molar-refractivity contribution in [3.8, 4) is 0 Å². The Morgan fingerprint density at radius 1 is 0.266 bits per heavy atom. The highest BCUT2D eigenvalue weighted by molar-refractivity contribution is 7.21. The summed E-state index contributed by atoms with van der Waals surface area (Å²) in [5, 5.41) is 4.25. The van der Waals surface area contributed by atoms with Crippen LogP contribution in [0.3, 0.4) is 0 Å². The normalized spacial score (nSPS) is 13.2. The Labute approximate surface area is 379 Å². The summed E-state index contributed by atoms with van der Waals surface area (Å²) in [5.74, 6) is 0. The Morgan fingerprint density at radius 2 is 0.516 bits per heavy atom. The van der Waals surface area contributed by atoms with Crippen LogP contribution in [-0.2, 0) is 0 Å². The molecule has 2 nitrogen and oxygen atoms in total. The molecule has 0 radical (unpaired) electrons.